The number of rotatable bonds is 2. The minimum Gasteiger partial charge on any atom is -0.354 e. The van der Waals surface area contributed by atoms with Crippen LogP contribution in [0.3, 0.4) is 0 Å². The maximum atomic E-state index is 4.52. The molecule has 0 amide bonds. The van der Waals surface area contributed by atoms with Crippen molar-refractivity contribution in [3.05, 3.63) is 17.6 Å². The van der Waals surface area contributed by atoms with E-state index in [0.29, 0.717) is 6.04 Å². The third-order valence-electron chi connectivity index (χ3n) is 3.32. The van der Waals surface area contributed by atoms with Crippen LogP contribution in [0.15, 0.2) is 6.07 Å². The van der Waals surface area contributed by atoms with Crippen molar-refractivity contribution >= 4 is 5.82 Å². The van der Waals surface area contributed by atoms with Gasteiger partial charge in [-0.25, -0.2) is 9.97 Å². The maximum Gasteiger partial charge on any atom is 0.132 e. The monoisotopic (exact) mass is 234 g/mol. The molecule has 0 atom stereocenters. The molecule has 94 valence electrons. The fourth-order valence-corrected chi connectivity index (χ4v) is 2.33. The van der Waals surface area contributed by atoms with Gasteiger partial charge in [0.1, 0.15) is 11.6 Å². The lowest BCUT2D eigenvalue weighted by Crippen LogP contribution is -2.49. The van der Waals surface area contributed by atoms with Crippen LogP contribution in [0.1, 0.15) is 25.4 Å². The zero-order valence-corrected chi connectivity index (χ0v) is 11.3. The first kappa shape index (κ1) is 12.3. The fourth-order valence-electron chi connectivity index (χ4n) is 2.33. The van der Waals surface area contributed by atoms with Gasteiger partial charge in [-0.05, 0) is 27.7 Å². The quantitative estimate of drug-likeness (QED) is 0.778. The average molecular weight is 234 g/mol. The molecule has 2 heterocycles. The van der Waals surface area contributed by atoms with Crippen LogP contribution in [0.4, 0.5) is 5.82 Å². The van der Waals surface area contributed by atoms with Crippen LogP contribution in [0.2, 0.25) is 0 Å². The van der Waals surface area contributed by atoms with Crippen LogP contribution in [0.25, 0.3) is 0 Å². The summed E-state index contributed by atoms with van der Waals surface area (Å²) >= 11 is 0. The Bertz CT molecular complexity index is 361. The van der Waals surface area contributed by atoms with Crippen molar-refractivity contribution < 1.29 is 0 Å². The van der Waals surface area contributed by atoms with E-state index < -0.39 is 0 Å². The summed E-state index contributed by atoms with van der Waals surface area (Å²) < 4.78 is 0. The summed E-state index contributed by atoms with van der Waals surface area (Å²) in [6, 6.07) is 2.73. The highest BCUT2D eigenvalue weighted by atomic mass is 15.3. The van der Waals surface area contributed by atoms with Crippen LogP contribution >= 0.6 is 0 Å². The molecule has 17 heavy (non-hydrogen) atoms. The predicted molar refractivity (Wildman–Crippen MR) is 70.4 cm³/mol. The summed E-state index contributed by atoms with van der Waals surface area (Å²) in [6.45, 7) is 12.9. The second kappa shape index (κ2) is 5.00. The number of nitrogens with zero attached hydrogens (tertiary/aromatic N) is 4. The number of anilines is 1. The standard InChI is InChI=1S/C13H22N4/c1-10(2)16-5-7-17(8-6-16)13-9-11(3)14-12(4)15-13/h9-10H,5-8H2,1-4H3. The summed E-state index contributed by atoms with van der Waals surface area (Å²) in [4.78, 5) is 13.7. The third kappa shape index (κ3) is 2.94. The van der Waals surface area contributed by atoms with Gasteiger partial charge in [-0.15, -0.1) is 0 Å². The highest BCUT2D eigenvalue weighted by molar-refractivity contribution is 5.40. The SMILES string of the molecule is Cc1cc(N2CCN(C(C)C)CC2)nc(C)n1. The molecule has 0 spiro atoms. The Hall–Kier alpha value is -1.16. The van der Waals surface area contributed by atoms with Crippen molar-refractivity contribution in [3.63, 3.8) is 0 Å². The highest BCUT2D eigenvalue weighted by Crippen LogP contribution is 2.15. The summed E-state index contributed by atoms with van der Waals surface area (Å²) in [5, 5.41) is 0. The van der Waals surface area contributed by atoms with Crippen LogP contribution in [0.5, 0.6) is 0 Å². The number of hydrogen-bond acceptors (Lipinski definition) is 4. The lowest BCUT2D eigenvalue weighted by atomic mass is 10.2. The Labute approximate surface area is 104 Å². The van der Waals surface area contributed by atoms with E-state index >= 15 is 0 Å². The van der Waals surface area contributed by atoms with Gasteiger partial charge >= 0.3 is 0 Å². The molecule has 1 aromatic heterocycles. The minimum atomic E-state index is 0.644. The summed E-state index contributed by atoms with van der Waals surface area (Å²) in [6.07, 6.45) is 0. The zero-order chi connectivity index (χ0) is 12.4. The van der Waals surface area contributed by atoms with Crippen molar-refractivity contribution in [2.24, 2.45) is 0 Å². The molecule has 0 unspecified atom stereocenters. The van der Waals surface area contributed by atoms with E-state index in [1.165, 1.54) is 0 Å². The Morgan fingerprint density at radius 1 is 1.06 bits per heavy atom. The number of aromatic nitrogens is 2. The molecular formula is C13H22N4. The van der Waals surface area contributed by atoms with Crippen molar-refractivity contribution in [2.75, 3.05) is 31.1 Å². The van der Waals surface area contributed by atoms with Crippen LogP contribution in [0, 0.1) is 13.8 Å². The maximum absolute atomic E-state index is 4.52. The molecule has 0 saturated carbocycles. The van der Waals surface area contributed by atoms with E-state index in [0.717, 1.165) is 43.5 Å². The summed E-state index contributed by atoms with van der Waals surface area (Å²) in [7, 11) is 0. The van der Waals surface area contributed by atoms with Crippen LogP contribution in [-0.4, -0.2) is 47.1 Å². The predicted octanol–water partition coefficient (Wildman–Crippen LogP) is 1.62. The molecule has 1 fully saturated rings. The summed E-state index contributed by atoms with van der Waals surface area (Å²) in [5.74, 6) is 1.95. The Kier molecular flexibility index (Phi) is 3.62. The number of piperazine rings is 1. The Morgan fingerprint density at radius 3 is 2.24 bits per heavy atom. The molecular weight excluding hydrogens is 212 g/mol. The first-order valence-corrected chi connectivity index (χ1v) is 6.37. The van der Waals surface area contributed by atoms with Crippen molar-refractivity contribution in [3.8, 4) is 0 Å². The molecule has 4 heteroatoms. The smallest absolute Gasteiger partial charge is 0.132 e. The molecule has 2 rings (SSSR count). The van der Waals surface area contributed by atoms with Gasteiger partial charge in [0.05, 0.1) is 0 Å². The molecule has 0 N–H and O–H groups in total. The molecule has 1 aliphatic rings. The average Bonchev–Trinajstić information content (AvgIpc) is 2.28. The van der Waals surface area contributed by atoms with E-state index in [1.807, 2.05) is 13.8 Å². The summed E-state index contributed by atoms with van der Waals surface area (Å²) in [5.41, 5.74) is 1.05. The van der Waals surface area contributed by atoms with Gasteiger partial charge in [0.15, 0.2) is 0 Å². The van der Waals surface area contributed by atoms with E-state index in [-0.39, 0.29) is 0 Å². The topological polar surface area (TPSA) is 32.3 Å². The molecule has 1 saturated heterocycles. The second-order valence-electron chi connectivity index (χ2n) is 5.03. The molecule has 1 aromatic rings. The van der Waals surface area contributed by atoms with E-state index in [9.17, 15) is 0 Å². The minimum absolute atomic E-state index is 0.644. The first-order chi connectivity index (χ1) is 8.06. The van der Waals surface area contributed by atoms with Gasteiger partial charge in [0.25, 0.3) is 0 Å². The third-order valence-corrected chi connectivity index (χ3v) is 3.32. The van der Waals surface area contributed by atoms with Crippen molar-refractivity contribution in [1.29, 1.82) is 0 Å². The van der Waals surface area contributed by atoms with Gasteiger partial charge < -0.3 is 4.90 Å². The molecule has 0 aromatic carbocycles. The van der Waals surface area contributed by atoms with E-state index in [1.54, 1.807) is 0 Å². The van der Waals surface area contributed by atoms with Crippen molar-refractivity contribution in [1.82, 2.24) is 14.9 Å². The van der Waals surface area contributed by atoms with E-state index in [2.05, 4.69) is 39.7 Å². The lowest BCUT2D eigenvalue weighted by molar-refractivity contribution is 0.209. The molecule has 0 bridgehead atoms. The van der Waals surface area contributed by atoms with Crippen molar-refractivity contribution in [2.45, 2.75) is 33.7 Å². The first-order valence-electron chi connectivity index (χ1n) is 6.37. The van der Waals surface area contributed by atoms with Gasteiger partial charge in [-0.1, -0.05) is 0 Å². The Balaban J connectivity index is 2.05. The Morgan fingerprint density at radius 2 is 1.71 bits per heavy atom. The highest BCUT2D eigenvalue weighted by Gasteiger charge is 2.19. The normalized spacial score (nSPS) is 17.8. The van der Waals surface area contributed by atoms with Crippen LogP contribution < -0.4 is 4.90 Å². The number of aryl methyl sites for hydroxylation is 2. The zero-order valence-electron chi connectivity index (χ0n) is 11.3. The van der Waals surface area contributed by atoms with Gasteiger partial charge in [-0.2, -0.15) is 0 Å². The van der Waals surface area contributed by atoms with Crippen LogP contribution in [-0.2, 0) is 0 Å². The second-order valence-corrected chi connectivity index (χ2v) is 5.03. The van der Waals surface area contributed by atoms with Gasteiger partial charge in [0.2, 0.25) is 0 Å². The van der Waals surface area contributed by atoms with Gasteiger partial charge in [0, 0.05) is 44.0 Å². The number of hydrogen-bond donors (Lipinski definition) is 0. The molecule has 1 aliphatic heterocycles. The fraction of sp³-hybridized carbons (Fsp3) is 0.692. The lowest BCUT2D eigenvalue weighted by Gasteiger charge is -2.37. The molecule has 4 nitrogen and oxygen atoms in total. The van der Waals surface area contributed by atoms with E-state index in [4.69, 9.17) is 0 Å². The van der Waals surface area contributed by atoms with Gasteiger partial charge in [-0.3, -0.25) is 4.90 Å². The molecule has 0 aliphatic carbocycles. The molecule has 0 radical (unpaired) electrons. The largest absolute Gasteiger partial charge is 0.354 e.